The summed E-state index contributed by atoms with van der Waals surface area (Å²) in [6.07, 6.45) is 1.21. The number of hydrogen-bond donors (Lipinski definition) is 1. The molecule has 3 nitrogen and oxygen atoms in total. The van der Waals surface area contributed by atoms with E-state index in [1.807, 2.05) is 18.2 Å². The molecule has 1 aromatic carbocycles. The molecule has 0 saturated heterocycles. The highest BCUT2D eigenvalue weighted by atomic mass is 19.1. The molecule has 1 aromatic heterocycles. The first-order valence-corrected chi connectivity index (χ1v) is 5.52. The summed E-state index contributed by atoms with van der Waals surface area (Å²) in [5, 5.41) is 3.09. The first kappa shape index (κ1) is 11.5. The van der Waals surface area contributed by atoms with Crippen LogP contribution in [0.2, 0.25) is 0 Å². The van der Waals surface area contributed by atoms with Crippen LogP contribution in [-0.2, 0) is 0 Å². The van der Waals surface area contributed by atoms with Crippen molar-refractivity contribution in [3.8, 4) is 0 Å². The minimum Gasteiger partial charge on any atom is -0.369 e. The highest BCUT2D eigenvalue weighted by Gasteiger charge is 2.05. The van der Waals surface area contributed by atoms with Gasteiger partial charge in [0.1, 0.15) is 12.1 Å². The van der Waals surface area contributed by atoms with Gasteiger partial charge in [0.25, 0.3) is 0 Å². The quantitative estimate of drug-likeness (QED) is 0.822. The molecule has 0 amide bonds. The molecule has 0 bridgehead atoms. The van der Waals surface area contributed by atoms with Gasteiger partial charge >= 0.3 is 0 Å². The van der Waals surface area contributed by atoms with E-state index in [2.05, 4.69) is 34.3 Å². The van der Waals surface area contributed by atoms with Crippen molar-refractivity contribution >= 4 is 5.82 Å². The zero-order valence-corrected chi connectivity index (χ0v) is 9.60. The molecule has 0 aliphatic carbocycles. The van der Waals surface area contributed by atoms with Gasteiger partial charge in [-0.25, -0.2) is 9.97 Å². The molecule has 4 heteroatoms. The summed E-state index contributed by atoms with van der Waals surface area (Å²) in [6.45, 7) is 2.82. The topological polar surface area (TPSA) is 37.8 Å². The Morgan fingerprint density at radius 1 is 1.24 bits per heavy atom. The maximum absolute atomic E-state index is 12.8. The largest absolute Gasteiger partial charge is 0.369 e. The van der Waals surface area contributed by atoms with Crippen molar-refractivity contribution in [2.24, 2.45) is 0 Å². The van der Waals surface area contributed by atoms with Crippen LogP contribution >= 0.6 is 0 Å². The number of rotatable bonds is 4. The van der Waals surface area contributed by atoms with Crippen LogP contribution in [0.15, 0.2) is 42.7 Å². The lowest BCUT2D eigenvalue weighted by molar-refractivity contribution is 0.580. The predicted octanol–water partition coefficient (Wildman–Crippen LogP) is 2.83. The summed E-state index contributed by atoms with van der Waals surface area (Å²) in [7, 11) is 0. The van der Waals surface area contributed by atoms with Crippen molar-refractivity contribution in [1.29, 1.82) is 0 Å². The summed E-state index contributed by atoms with van der Waals surface area (Å²) >= 11 is 0. The average Bonchev–Trinajstić information content (AvgIpc) is 2.37. The average molecular weight is 231 g/mol. The number of halogens is 1. The molecule has 1 unspecified atom stereocenters. The summed E-state index contributed by atoms with van der Waals surface area (Å²) in [6, 6.07) is 11.5. The van der Waals surface area contributed by atoms with Gasteiger partial charge in [-0.2, -0.15) is 4.39 Å². The van der Waals surface area contributed by atoms with Gasteiger partial charge < -0.3 is 5.32 Å². The third-order valence-electron chi connectivity index (χ3n) is 2.59. The van der Waals surface area contributed by atoms with Gasteiger partial charge in [0, 0.05) is 12.6 Å². The fourth-order valence-electron chi connectivity index (χ4n) is 1.59. The molecule has 2 aromatic rings. The van der Waals surface area contributed by atoms with Crippen molar-refractivity contribution in [2.75, 3.05) is 11.9 Å². The maximum Gasteiger partial charge on any atom is 0.217 e. The second-order valence-corrected chi connectivity index (χ2v) is 3.92. The van der Waals surface area contributed by atoms with Gasteiger partial charge in [-0.3, -0.25) is 0 Å². The van der Waals surface area contributed by atoms with Crippen LogP contribution in [0.4, 0.5) is 10.2 Å². The van der Waals surface area contributed by atoms with Gasteiger partial charge in [0.15, 0.2) is 0 Å². The van der Waals surface area contributed by atoms with Crippen molar-refractivity contribution in [2.45, 2.75) is 12.8 Å². The van der Waals surface area contributed by atoms with Gasteiger partial charge in [-0.05, 0) is 11.5 Å². The lowest BCUT2D eigenvalue weighted by Gasteiger charge is -2.13. The highest BCUT2D eigenvalue weighted by molar-refractivity contribution is 5.33. The second-order valence-electron chi connectivity index (χ2n) is 3.92. The van der Waals surface area contributed by atoms with Crippen molar-refractivity contribution in [3.05, 3.63) is 54.2 Å². The van der Waals surface area contributed by atoms with Crippen LogP contribution < -0.4 is 5.32 Å². The molecule has 2 rings (SSSR count). The van der Waals surface area contributed by atoms with Crippen LogP contribution in [0.3, 0.4) is 0 Å². The molecule has 1 heterocycles. The Hall–Kier alpha value is -1.97. The van der Waals surface area contributed by atoms with Gasteiger partial charge in [-0.15, -0.1) is 0 Å². The minimum absolute atomic E-state index is 0.342. The van der Waals surface area contributed by atoms with Gasteiger partial charge in [0.2, 0.25) is 5.95 Å². The third kappa shape index (κ3) is 3.24. The van der Waals surface area contributed by atoms with Gasteiger partial charge in [-0.1, -0.05) is 37.3 Å². The van der Waals surface area contributed by atoms with E-state index in [1.54, 1.807) is 0 Å². The van der Waals surface area contributed by atoms with Crippen LogP contribution in [0.5, 0.6) is 0 Å². The molecule has 17 heavy (non-hydrogen) atoms. The first-order valence-electron chi connectivity index (χ1n) is 5.52. The molecule has 0 radical (unpaired) electrons. The molecule has 0 aliphatic rings. The van der Waals surface area contributed by atoms with Crippen molar-refractivity contribution < 1.29 is 4.39 Å². The van der Waals surface area contributed by atoms with E-state index in [0.717, 1.165) is 0 Å². The molecule has 0 spiro atoms. The molecule has 0 fully saturated rings. The number of aromatic nitrogens is 2. The monoisotopic (exact) mass is 231 g/mol. The van der Waals surface area contributed by atoms with E-state index in [-0.39, 0.29) is 0 Å². The van der Waals surface area contributed by atoms with Crippen molar-refractivity contribution in [3.63, 3.8) is 0 Å². The van der Waals surface area contributed by atoms with E-state index in [1.165, 1.54) is 18.0 Å². The lowest BCUT2D eigenvalue weighted by atomic mass is 10.0. The maximum atomic E-state index is 12.8. The van der Waals surface area contributed by atoms with Gasteiger partial charge in [0.05, 0.1) is 0 Å². The zero-order valence-electron chi connectivity index (χ0n) is 9.60. The highest BCUT2D eigenvalue weighted by Crippen LogP contribution is 2.15. The third-order valence-corrected chi connectivity index (χ3v) is 2.59. The van der Waals surface area contributed by atoms with E-state index >= 15 is 0 Å². The molecule has 0 aliphatic heterocycles. The normalized spacial score (nSPS) is 12.1. The fraction of sp³-hybridized carbons (Fsp3) is 0.231. The Morgan fingerprint density at radius 3 is 2.71 bits per heavy atom. The van der Waals surface area contributed by atoms with Crippen molar-refractivity contribution in [1.82, 2.24) is 9.97 Å². The number of hydrogen-bond acceptors (Lipinski definition) is 3. The Morgan fingerprint density at radius 2 is 2.00 bits per heavy atom. The molecule has 88 valence electrons. The second kappa shape index (κ2) is 5.39. The minimum atomic E-state index is -0.519. The predicted molar refractivity (Wildman–Crippen MR) is 65.3 cm³/mol. The SMILES string of the molecule is CC(CNc1cc(F)ncn1)c1ccccc1. The summed E-state index contributed by atoms with van der Waals surface area (Å²) in [4.78, 5) is 7.35. The van der Waals surface area contributed by atoms with Crippen LogP contribution in [0.25, 0.3) is 0 Å². The summed E-state index contributed by atoms with van der Waals surface area (Å²) in [5.74, 6) is 0.337. The Labute approximate surface area is 99.7 Å². The zero-order chi connectivity index (χ0) is 12.1. The molecule has 1 atom stereocenters. The summed E-state index contributed by atoms with van der Waals surface area (Å²) in [5.41, 5.74) is 1.24. The number of benzene rings is 1. The van der Waals surface area contributed by atoms with Crippen LogP contribution in [0.1, 0.15) is 18.4 Å². The van der Waals surface area contributed by atoms with E-state index < -0.39 is 5.95 Å². The Kier molecular flexibility index (Phi) is 3.65. The van der Waals surface area contributed by atoms with E-state index in [4.69, 9.17) is 0 Å². The van der Waals surface area contributed by atoms with E-state index in [0.29, 0.717) is 18.3 Å². The summed E-state index contributed by atoms with van der Waals surface area (Å²) < 4.78 is 12.8. The number of nitrogens with zero attached hydrogens (tertiary/aromatic N) is 2. The molecule has 1 N–H and O–H groups in total. The number of anilines is 1. The van der Waals surface area contributed by atoms with Crippen LogP contribution in [0, 0.1) is 5.95 Å². The Bertz CT molecular complexity index is 473. The van der Waals surface area contributed by atoms with Crippen LogP contribution in [-0.4, -0.2) is 16.5 Å². The first-order chi connectivity index (χ1) is 8.25. The standard InChI is InChI=1S/C13H14FN3/c1-10(11-5-3-2-4-6-11)8-15-13-7-12(14)16-9-17-13/h2-7,9-10H,8H2,1H3,(H,15,16,17). The smallest absolute Gasteiger partial charge is 0.217 e. The van der Waals surface area contributed by atoms with E-state index in [9.17, 15) is 4.39 Å². The molecular weight excluding hydrogens is 217 g/mol. The fourth-order valence-corrected chi connectivity index (χ4v) is 1.59. The molecule has 0 saturated carbocycles. The lowest BCUT2D eigenvalue weighted by Crippen LogP contribution is -2.11. The molecular formula is C13H14FN3. The number of nitrogens with one attached hydrogen (secondary N) is 1. The Balaban J connectivity index is 1.95.